The quantitative estimate of drug-likeness (QED) is 0.510. The smallest absolute Gasteiger partial charge is 0.125 e. The maximum atomic E-state index is 9.32. The SMILES string of the molecule is NCCC(O)Nc1cccc(O)c1. The molecule has 0 aliphatic heterocycles. The van der Waals surface area contributed by atoms with Gasteiger partial charge in [-0.1, -0.05) is 6.07 Å². The second-order valence-corrected chi connectivity index (χ2v) is 2.79. The van der Waals surface area contributed by atoms with E-state index in [-0.39, 0.29) is 5.75 Å². The molecule has 0 heterocycles. The predicted octanol–water partition coefficient (Wildman–Crippen LogP) is 0.471. The molecule has 0 saturated heterocycles. The van der Waals surface area contributed by atoms with Crippen molar-refractivity contribution in [3.8, 4) is 5.75 Å². The molecule has 4 nitrogen and oxygen atoms in total. The molecule has 1 aromatic carbocycles. The van der Waals surface area contributed by atoms with Crippen LogP contribution in [0.1, 0.15) is 6.42 Å². The molecule has 0 amide bonds. The zero-order chi connectivity index (χ0) is 9.68. The van der Waals surface area contributed by atoms with Crippen LogP contribution in [0.15, 0.2) is 24.3 Å². The van der Waals surface area contributed by atoms with Gasteiger partial charge in [0.2, 0.25) is 0 Å². The van der Waals surface area contributed by atoms with Crippen LogP contribution in [0.2, 0.25) is 0 Å². The summed E-state index contributed by atoms with van der Waals surface area (Å²) in [6, 6.07) is 6.58. The van der Waals surface area contributed by atoms with Crippen LogP contribution in [0.25, 0.3) is 0 Å². The predicted molar refractivity (Wildman–Crippen MR) is 51.4 cm³/mol. The molecule has 4 heteroatoms. The van der Waals surface area contributed by atoms with E-state index in [1.54, 1.807) is 24.3 Å². The lowest BCUT2D eigenvalue weighted by atomic mass is 10.3. The van der Waals surface area contributed by atoms with Crippen molar-refractivity contribution < 1.29 is 10.2 Å². The number of aliphatic hydroxyl groups is 1. The van der Waals surface area contributed by atoms with Crippen LogP contribution >= 0.6 is 0 Å². The van der Waals surface area contributed by atoms with Gasteiger partial charge in [-0.15, -0.1) is 0 Å². The molecule has 0 radical (unpaired) electrons. The maximum absolute atomic E-state index is 9.32. The second-order valence-electron chi connectivity index (χ2n) is 2.79. The van der Waals surface area contributed by atoms with E-state index in [4.69, 9.17) is 10.8 Å². The third-order valence-electron chi connectivity index (χ3n) is 1.62. The summed E-state index contributed by atoms with van der Waals surface area (Å²) in [5, 5.41) is 21.2. The van der Waals surface area contributed by atoms with Gasteiger partial charge in [0.25, 0.3) is 0 Å². The fourth-order valence-corrected chi connectivity index (χ4v) is 1.02. The van der Waals surface area contributed by atoms with Crippen LogP contribution in [0.3, 0.4) is 0 Å². The molecule has 1 unspecified atom stereocenters. The summed E-state index contributed by atoms with van der Waals surface area (Å²) in [5.74, 6) is 0.171. The van der Waals surface area contributed by atoms with Gasteiger partial charge in [-0.3, -0.25) is 0 Å². The first kappa shape index (κ1) is 9.83. The van der Waals surface area contributed by atoms with E-state index in [2.05, 4.69) is 5.32 Å². The molecular formula is C9H14N2O2. The summed E-state index contributed by atoms with van der Waals surface area (Å²) >= 11 is 0. The summed E-state index contributed by atoms with van der Waals surface area (Å²) in [7, 11) is 0. The molecule has 1 rings (SSSR count). The van der Waals surface area contributed by atoms with Crippen molar-refractivity contribution in [2.75, 3.05) is 11.9 Å². The minimum absolute atomic E-state index is 0.171. The van der Waals surface area contributed by atoms with Gasteiger partial charge in [-0.25, -0.2) is 0 Å². The van der Waals surface area contributed by atoms with E-state index in [0.29, 0.717) is 18.7 Å². The molecule has 1 aromatic rings. The van der Waals surface area contributed by atoms with Crippen molar-refractivity contribution in [1.82, 2.24) is 0 Å². The van der Waals surface area contributed by atoms with Crippen molar-refractivity contribution in [1.29, 1.82) is 0 Å². The van der Waals surface area contributed by atoms with Gasteiger partial charge in [0.1, 0.15) is 12.0 Å². The van der Waals surface area contributed by atoms with E-state index >= 15 is 0 Å². The lowest BCUT2D eigenvalue weighted by molar-refractivity contribution is 0.196. The number of anilines is 1. The molecule has 0 spiro atoms. The average Bonchev–Trinajstić information content (AvgIpc) is 2.04. The minimum Gasteiger partial charge on any atom is -0.508 e. The molecule has 0 saturated carbocycles. The molecule has 5 N–H and O–H groups in total. The van der Waals surface area contributed by atoms with E-state index in [9.17, 15) is 5.11 Å². The highest BCUT2D eigenvalue weighted by molar-refractivity contribution is 5.47. The summed E-state index contributed by atoms with van der Waals surface area (Å²) in [5.41, 5.74) is 5.95. The van der Waals surface area contributed by atoms with Gasteiger partial charge in [0, 0.05) is 18.2 Å². The highest BCUT2D eigenvalue weighted by Gasteiger charge is 2.01. The van der Waals surface area contributed by atoms with Crippen LogP contribution < -0.4 is 11.1 Å². The summed E-state index contributed by atoms with van der Waals surface area (Å²) in [4.78, 5) is 0. The first-order chi connectivity index (χ1) is 6.22. The van der Waals surface area contributed by atoms with Crippen molar-refractivity contribution in [3.05, 3.63) is 24.3 Å². The molecule has 0 aliphatic carbocycles. The van der Waals surface area contributed by atoms with E-state index < -0.39 is 6.23 Å². The third kappa shape index (κ3) is 3.31. The number of rotatable bonds is 4. The van der Waals surface area contributed by atoms with E-state index in [0.717, 1.165) is 0 Å². The number of aliphatic hydroxyl groups excluding tert-OH is 1. The molecule has 1 atom stereocenters. The highest BCUT2D eigenvalue weighted by atomic mass is 16.3. The number of hydrogen-bond donors (Lipinski definition) is 4. The Labute approximate surface area is 77.0 Å². The average molecular weight is 182 g/mol. The van der Waals surface area contributed by atoms with Gasteiger partial charge < -0.3 is 21.3 Å². The monoisotopic (exact) mass is 182 g/mol. The molecular weight excluding hydrogens is 168 g/mol. The Bertz CT molecular complexity index is 266. The van der Waals surface area contributed by atoms with Gasteiger partial charge in [-0.05, 0) is 18.7 Å². The van der Waals surface area contributed by atoms with Gasteiger partial charge in [0.15, 0.2) is 0 Å². The Morgan fingerprint density at radius 2 is 2.23 bits per heavy atom. The van der Waals surface area contributed by atoms with Gasteiger partial charge >= 0.3 is 0 Å². The molecule has 0 bridgehead atoms. The number of nitrogens with two attached hydrogens (primary N) is 1. The summed E-state index contributed by atoms with van der Waals surface area (Å²) in [6.07, 6.45) is -0.179. The second kappa shape index (κ2) is 4.69. The van der Waals surface area contributed by atoms with E-state index in [1.165, 1.54) is 0 Å². The Morgan fingerprint density at radius 1 is 1.46 bits per heavy atom. The number of hydrogen-bond acceptors (Lipinski definition) is 4. The lowest BCUT2D eigenvalue weighted by Crippen LogP contribution is -2.22. The maximum Gasteiger partial charge on any atom is 0.125 e. The van der Waals surface area contributed by atoms with Gasteiger partial charge in [0.05, 0.1) is 0 Å². The number of benzene rings is 1. The number of aromatic hydroxyl groups is 1. The number of phenolic OH excluding ortho intramolecular Hbond substituents is 1. The largest absolute Gasteiger partial charge is 0.508 e. The van der Waals surface area contributed by atoms with Crippen LogP contribution in [-0.2, 0) is 0 Å². The normalized spacial score (nSPS) is 12.5. The van der Waals surface area contributed by atoms with E-state index in [1.807, 2.05) is 0 Å². The Morgan fingerprint density at radius 3 is 2.85 bits per heavy atom. The molecule has 72 valence electrons. The van der Waals surface area contributed by atoms with Crippen LogP contribution in [0.4, 0.5) is 5.69 Å². The first-order valence-corrected chi connectivity index (χ1v) is 4.16. The van der Waals surface area contributed by atoms with Crippen molar-refractivity contribution in [2.45, 2.75) is 12.6 Å². The Kier molecular flexibility index (Phi) is 3.54. The molecule has 13 heavy (non-hydrogen) atoms. The van der Waals surface area contributed by atoms with Gasteiger partial charge in [-0.2, -0.15) is 0 Å². The van der Waals surface area contributed by atoms with Crippen LogP contribution in [0, 0.1) is 0 Å². The standard InChI is InChI=1S/C9H14N2O2/c10-5-4-9(13)11-7-2-1-3-8(12)6-7/h1-3,6,9,11-13H,4-5,10H2. The Hall–Kier alpha value is -1.26. The van der Waals surface area contributed by atoms with Crippen molar-refractivity contribution in [3.63, 3.8) is 0 Å². The fourth-order valence-electron chi connectivity index (χ4n) is 1.02. The van der Waals surface area contributed by atoms with Crippen LogP contribution in [0.5, 0.6) is 5.75 Å². The molecule has 0 fully saturated rings. The van der Waals surface area contributed by atoms with Crippen molar-refractivity contribution in [2.24, 2.45) is 5.73 Å². The van der Waals surface area contributed by atoms with Crippen LogP contribution in [-0.4, -0.2) is 23.0 Å². The Balaban J connectivity index is 2.53. The zero-order valence-corrected chi connectivity index (χ0v) is 7.27. The lowest BCUT2D eigenvalue weighted by Gasteiger charge is -2.12. The number of phenols is 1. The molecule has 0 aliphatic rings. The van der Waals surface area contributed by atoms with Crippen molar-refractivity contribution >= 4 is 5.69 Å². The minimum atomic E-state index is -0.660. The zero-order valence-electron chi connectivity index (χ0n) is 7.27. The highest BCUT2D eigenvalue weighted by Crippen LogP contribution is 2.15. The summed E-state index contributed by atoms with van der Waals surface area (Å²) < 4.78 is 0. The molecule has 0 aromatic heterocycles. The summed E-state index contributed by atoms with van der Waals surface area (Å²) in [6.45, 7) is 0.424. The topological polar surface area (TPSA) is 78.5 Å². The number of nitrogens with one attached hydrogen (secondary N) is 1. The fraction of sp³-hybridized carbons (Fsp3) is 0.333. The first-order valence-electron chi connectivity index (χ1n) is 4.16. The third-order valence-corrected chi connectivity index (χ3v) is 1.62.